The molecule has 4 heteroatoms. The first-order valence-corrected chi connectivity index (χ1v) is 5.67. The van der Waals surface area contributed by atoms with Crippen molar-refractivity contribution in [2.45, 2.75) is 20.0 Å². The van der Waals surface area contributed by atoms with Gasteiger partial charge in [-0.15, -0.1) is 11.6 Å². The molecule has 0 aromatic heterocycles. The summed E-state index contributed by atoms with van der Waals surface area (Å²) in [6.45, 7) is 2.38. The molecule has 0 atom stereocenters. The Morgan fingerprint density at radius 2 is 2.25 bits per heavy atom. The van der Waals surface area contributed by atoms with Crippen LogP contribution >= 0.6 is 11.6 Å². The number of aliphatic hydroxyl groups excluding tert-OH is 1. The summed E-state index contributed by atoms with van der Waals surface area (Å²) in [5.74, 6) is 0.616. The lowest BCUT2D eigenvalue weighted by molar-refractivity contribution is -0.116. The monoisotopic (exact) mass is 242 g/mol. The van der Waals surface area contributed by atoms with E-state index in [-0.39, 0.29) is 24.7 Å². The molecule has 16 heavy (non-hydrogen) atoms. The number of hydrogen-bond donors (Lipinski definition) is 1. The Morgan fingerprint density at radius 1 is 1.50 bits per heavy atom. The highest BCUT2D eigenvalue weighted by molar-refractivity contribution is 6.27. The summed E-state index contributed by atoms with van der Waals surface area (Å²) in [6.07, 6.45) is 0.243. The minimum atomic E-state index is -0.0577. The Morgan fingerprint density at radius 3 is 2.81 bits per heavy atom. The van der Waals surface area contributed by atoms with Gasteiger partial charge in [0.2, 0.25) is 0 Å². The summed E-state index contributed by atoms with van der Waals surface area (Å²) >= 11 is 5.47. The minimum Gasteiger partial charge on any atom is -0.494 e. The third-order valence-corrected chi connectivity index (χ3v) is 2.44. The first-order valence-electron chi connectivity index (χ1n) is 5.14. The standard InChI is InChI=1S/C12H15ClO3/c1-2-16-12-4-3-9(8-14)5-10(12)6-11(15)7-13/h3-5,14H,2,6-8H2,1H3. The van der Waals surface area contributed by atoms with Gasteiger partial charge in [-0.25, -0.2) is 0 Å². The second-order valence-electron chi connectivity index (χ2n) is 3.38. The lowest BCUT2D eigenvalue weighted by atomic mass is 10.1. The van der Waals surface area contributed by atoms with E-state index in [0.717, 1.165) is 11.1 Å². The van der Waals surface area contributed by atoms with Gasteiger partial charge in [-0.3, -0.25) is 4.79 Å². The maximum absolute atomic E-state index is 11.3. The largest absolute Gasteiger partial charge is 0.494 e. The molecule has 0 unspecified atom stereocenters. The zero-order chi connectivity index (χ0) is 12.0. The van der Waals surface area contributed by atoms with Crippen LogP contribution in [0.4, 0.5) is 0 Å². The summed E-state index contributed by atoms with van der Waals surface area (Å²) in [4.78, 5) is 11.3. The summed E-state index contributed by atoms with van der Waals surface area (Å²) in [5.41, 5.74) is 1.54. The maximum Gasteiger partial charge on any atom is 0.152 e. The van der Waals surface area contributed by atoms with Crippen LogP contribution in [0.3, 0.4) is 0 Å². The first kappa shape index (κ1) is 13.0. The van der Waals surface area contributed by atoms with Crippen molar-refractivity contribution in [2.75, 3.05) is 12.5 Å². The van der Waals surface area contributed by atoms with Crippen LogP contribution in [0.15, 0.2) is 18.2 Å². The average molecular weight is 243 g/mol. The number of Topliss-reactive ketones (excluding diaryl/α,β-unsaturated/α-hetero) is 1. The topological polar surface area (TPSA) is 46.5 Å². The molecule has 1 rings (SSSR count). The molecule has 0 saturated carbocycles. The summed E-state index contributed by atoms with van der Waals surface area (Å²) in [7, 11) is 0. The number of carbonyl (C=O) groups excluding carboxylic acids is 1. The van der Waals surface area contributed by atoms with E-state index in [1.807, 2.05) is 6.92 Å². The fourth-order valence-corrected chi connectivity index (χ4v) is 1.52. The van der Waals surface area contributed by atoms with Crippen LogP contribution < -0.4 is 4.74 Å². The molecule has 0 heterocycles. The highest BCUT2D eigenvalue weighted by atomic mass is 35.5. The van der Waals surface area contributed by atoms with E-state index in [0.29, 0.717) is 12.4 Å². The Hall–Kier alpha value is -1.06. The Bertz CT molecular complexity index is 363. The number of rotatable bonds is 6. The van der Waals surface area contributed by atoms with E-state index in [2.05, 4.69) is 0 Å². The highest BCUT2D eigenvalue weighted by Gasteiger charge is 2.09. The number of carbonyl (C=O) groups is 1. The predicted octanol–water partition coefficient (Wildman–Crippen LogP) is 1.93. The molecular formula is C12H15ClO3. The van der Waals surface area contributed by atoms with Gasteiger partial charge in [-0.1, -0.05) is 6.07 Å². The molecule has 0 bridgehead atoms. The molecule has 1 aromatic carbocycles. The van der Waals surface area contributed by atoms with Gasteiger partial charge in [0, 0.05) is 12.0 Å². The molecule has 88 valence electrons. The van der Waals surface area contributed by atoms with Crippen LogP contribution in [-0.4, -0.2) is 23.4 Å². The number of hydrogen-bond acceptors (Lipinski definition) is 3. The van der Waals surface area contributed by atoms with Crippen molar-refractivity contribution in [1.82, 2.24) is 0 Å². The number of benzene rings is 1. The van der Waals surface area contributed by atoms with Crippen LogP contribution in [0.25, 0.3) is 0 Å². The minimum absolute atomic E-state index is 0.00504. The molecule has 0 fully saturated rings. The Labute approximate surface area is 100.0 Å². The zero-order valence-corrected chi connectivity index (χ0v) is 9.96. The second kappa shape index (κ2) is 6.51. The Kier molecular flexibility index (Phi) is 5.29. The molecular weight excluding hydrogens is 228 g/mol. The molecule has 0 amide bonds. The van der Waals surface area contributed by atoms with Gasteiger partial charge in [0.25, 0.3) is 0 Å². The predicted molar refractivity (Wildman–Crippen MR) is 63.0 cm³/mol. The number of alkyl halides is 1. The van der Waals surface area contributed by atoms with Crippen molar-refractivity contribution in [3.05, 3.63) is 29.3 Å². The van der Waals surface area contributed by atoms with Crippen molar-refractivity contribution in [1.29, 1.82) is 0 Å². The molecule has 0 aliphatic carbocycles. The highest BCUT2D eigenvalue weighted by Crippen LogP contribution is 2.21. The van der Waals surface area contributed by atoms with E-state index < -0.39 is 0 Å². The Balaban J connectivity index is 2.95. The number of aliphatic hydroxyl groups is 1. The summed E-state index contributed by atoms with van der Waals surface area (Å²) < 4.78 is 5.40. The third-order valence-electron chi connectivity index (χ3n) is 2.14. The van der Waals surface area contributed by atoms with E-state index in [1.165, 1.54) is 0 Å². The first-order chi connectivity index (χ1) is 7.71. The summed E-state index contributed by atoms with van der Waals surface area (Å²) in [6, 6.07) is 5.32. The van der Waals surface area contributed by atoms with Crippen LogP contribution in [0.2, 0.25) is 0 Å². The molecule has 0 spiro atoms. The van der Waals surface area contributed by atoms with Gasteiger partial charge in [0.15, 0.2) is 5.78 Å². The van der Waals surface area contributed by atoms with Crippen molar-refractivity contribution in [2.24, 2.45) is 0 Å². The van der Waals surface area contributed by atoms with Crippen molar-refractivity contribution in [3.63, 3.8) is 0 Å². The van der Waals surface area contributed by atoms with E-state index in [9.17, 15) is 4.79 Å². The molecule has 1 aromatic rings. The van der Waals surface area contributed by atoms with E-state index in [4.69, 9.17) is 21.4 Å². The second-order valence-corrected chi connectivity index (χ2v) is 3.65. The van der Waals surface area contributed by atoms with Gasteiger partial charge in [-0.05, 0) is 24.6 Å². The zero-order valence-electron chi connectivity index (χ0n) is 9.20. The lowest BCUT2D eigenvalue weighted by Gasteiger charge is -2.10. The SMILES string of the molecule is CCOc1ccc(CO)cc1CC(=O)CCl. The fraction of sp³-hybridized carbons (Fsp3) is 0.417. The third kappa shape index (κ3) is 3.51. The number of halogens is 1. The smallest absolute Gasteiger partial charge is 0.152 e. The molecule has 0 radical (unpaired) electrons. The molecule has 1 N–H and O–H groups in total. The van der Waals surface area contributed by atoms with Crippen molar-refractivity contribution >= 4 is 17.4 Å². The van der Waals surface area contributed by atoms with Crippen LogP contribution in [0.1, 0.15) is 18.1 Å². The lowest BCUT2D eigenvalue weighted by Crippen LogP contribution is -2.07. The molecule has 0 aliphatic rings. The fourth-order valence-electron chi connectivity index (χ4n) is 1.43. The van der Waals surface area contributed by atoms with Gasteiger partial charge < -0.3 is 9.84 Å². The number of ketones is 1. The summed E-state index contributed by atoms with van der Waals surface area (Å²) in [5, 5.41) is 9.02. The number of ether oxygens (including phenoxy) is 1. The van der Waals surface area contributed by atoms with Gasteiger partial charge in [0.05, 0.1) is 19.1 Å². The quantitative estimate of drug-likeness (QED) is 0.776. The molecule has 0 saturated heterocycles. The van der Waals surface area contributed by atoms with Crippen LogP contribution in [-0.2, 0) is 17.8 Å². The average Bonchev–Trinajstić information content (AvgIpc) is 2.31. The van der Waals surface area contributed by atoms with Crippen LogP contribution in [0.5, 0.6) is 5.75 Å². The normalized spacial score (nSPS) is 10.2. The van der Waals surface area contributed by atoms with Crippen molar-refractivity contribution in [3.8, 4) is 5.75 Å². The van der Waals surface area contributed by atoms with E-state index in [1.54, 1.807) is 18.2 Å². The van der Waals surface area contributed by atoms with Crippen LogP contribution in [0, 0.1) is 0 Å². The molecule has 0 aliphatic heterocycles. The van der Waals surface area contributed by atoms with Gasteiger partial charge >= 0.3 is 0 Å². The van der Waals surface area contributed by atoms with Crippen molar-refractivity contribution < 1.29 is 14.6 Å². The van der Waals surface area contributed by atoms with Gasteiger partial charge in [-0.2, -0.15) is 0 Å². The maximum atomic E-state index is 11.3. The molecule has 3 nitrogen and oxygen atoms in total. The van der Waals surface area contributed by atoms with E-state index >= 15 is 0 Å². The van der Waals surface area contributed by atoms with Gasteiger partial charge in [0.1, 0.15) is 5.75 Å².